The van der Waals surface area contributed by atoms with Gasteiger partial charge in [0, 0.05) is 17.1 Å². The van der Waals surface area contributed by atoms with Gasteiger partial charge >= 0.3 is 0 Å². The van der Waals surface area contributed by atoms with Crippen LogP contribution >= 0.6 is 23.8 Å². The summed E-state index contributed by atoms with van der Waals surface area (Å²) in [5, 5.41) is 6.53. The number of benzene rings is 2. The van der Waals surface area contributed by atoms with E-state index in [0.717, 1.165) is 12.1 Å². The van der Waals surface area contributed by atoms with Crippen molar-refractivity contribution in [1.82, 2.24) is 5.32 Å². The van der Waals surface area contributed by atoms with Crippen molar-refractivity contribution in [3.8, 4) is 11.5 Å². The van der Waals surface area contributed by atoms with E-state index in [9.17, 15) is 4.79 Å². The Kier molecular flexibility index (Phi) is 6.38. The molecule has 2 N–H and O–H groups in total. The van der Waals surface area contributed by atoms with Crippen molar-refractivity contribution < 1.29 is 9.53 Å². The maximum Gasteiger partial charge on any atom is 0.226 e. The highest BCUT2D eigenvalue weighted by molar-refractivity contribution is 7.80. The number of anilines is 1. The van der Waals surface area contributed by atoms with Crippen LogP contribution in [0.2, 0.25) is 5.02 Å². The molecule has 2 aromatic carbocycles. The molecule has 0 bridgehead atoms. The van der Waals surface area contributed by atoms with E-state index in [2.05, 4.69) is 10.6 Å². The van der Waals surface area contributed by atoms with Gasteiger partial charge in [0.05, 0.1) is 0 Å². The highest BCUT2D eigenvalue weighted by Gasteiger charge is 2.04. The molecule has 23 heavy (non-hydrogen) atoms. The van der Waals surface area contributed by atoms with Crippen LogP contribution in [-0.2, 0) is 4.79 Å². The molecule has 2 rings (SSSR count). The Morgan fingerprint density at radius 2 is 1.65 bits per heavy atom. The lowest BCUT2D eigenvalue weighted by Gasteiger charge is -2.10. The van der Waals surface area contributed by atoms with Crippen molar-refractivity contribution >= 4 is 40.5 Å². The topological polar surface area (TPSA) is 50.4 Å². The zero-order valence-corrected chi connectivity index (χ0v) is 14.2. The molecule has 0 aromatic heterocycles. The lowest BCUT2D eigenvalue weighted by Crippen LogP contribution is -2.33. The summed E-state index contributed by atoms with van der Waals surface area (Å²) in [5.41, 5.74) is 0.773. The number of ether oxygens (including phenoxy) is 1. The number of hydrogen-bond acceptors (Lipinski definition) is 3. The number of nitrogens with one attached hydrogen (secondary N) is 2. The van der Waals surface area contributed by atoms with E-state index in [1.54, 1.807) is 24.3 Å². The Labute approximate surface area is 145 Å². The van der Waals surface area contributed by atoms with Gasteiger partial charge in [0.15, 0.2) is 5.11 Å². The molecular formula is C17H17ClN2O2S. The maximum absolute atomic E-state index is 11.5. The SMILES string of the molecule is CCCC(=O)NC(=S)Nc1ccc(Oc2ccc(Cl)cc2)cc1. The number of carbonyl (C=O) groups is 1. The van der Waals surface area contributed by atoms with E-state index in [1.165, 1.54) is 0 Å². The predicted octanol–water partition coefficient (Wildman–Crippen LogP) is 4.75. The standard InChI is InChI=1S/C17H17ClN2O2S/c1-2-3-16(21)20-17(23)19-13-6-10-15(11-7-13)22-14-8-4-12(18)5-9-14/h4-11H,2-3H2,1H3,(H2,19,20,21,23). The maximum atomic E-state index is 11.5. The molecule has 0 unspecified atom stereocenters. The van der Waals surface area contributed by atoms with Crippen LogP contribution in [0, 0.1) is 0 Å². The summed E-state index contributed by atoms with van der Waals surface area (Å²) in [7, 11) is 0. The van der Waals surface area contributed by atoms with Gasteiger partial charge in [0.25, 0.3) is 0 Å². The first-order valence-electron chi connectivity index (χ1n) is 7.21. The molecule has 0 spiro atoms. The largest absolute Gasteiger partial charge is 0.457 e. The minimum Gasteiger partial charge on any atom is -0.457 e. The molecule has 0 aliphatic carbocycles. The first kappa shape index (κ1) is 17.2. The first-order chi connectivity index (χ1) is 11.1. The van der Waals surface area contributed by atoms with Crippen molar-refractivity contribution in [2.75, 3.05) is 5.32 Å². The fourth-order valence-electron chi connectivity index (χ4n) is 1.82. The summed E-state index contributed by atoms with van der Waals surface area (Å²) >= 11 is 10.9. The lowest BCUT2D eigenvalue weighted by atomic mass is 10.3. The Bertz CT molecular complexity index is 672. The molecule has 0 heterocycles. The first-order valence-corrected chi connectivity index (χ1v) is 8.00. The van der Waals surface area contributed by atoms with Crippen LogP contribution in [-0.4, -0.2) is 11.0 Å². The number of amides is 1. The van der Waals surface area contributed by atoms with Crippen LogP contribution in [0.15, 0.2) is 48.5 Å². The highest BCUT2D eigenvalue weighted by Crippen LogP contribution is 2.24. The van der Waals surface area contributed by atoms with Gasteiger partial charge in [-0.3, -0.25) is 4.79 Å². The number of thiocarbonyl (C=S) groups is 1. The van der Waals surface area contributed by atoms with Gasteiger partial charge in [-0.25, -0.2) is 0 Å². The molecule has 0 saturated heterocycles. The van der Waals surface area contributed by atoms with Crippen LogP contribution in [0.4, 0.5) is 5.69 Å². The van der Waals surface area contributed by atoms with Gasteiger partial charge in [-0.1, -0.05) is 18.5 Å². The summed E-state index contributed by atoms with van der Waals surface area (Å²) in [6.45, 7) is 1.94. The molecule has 0 saturated carbocycles. The number of rotatable bonds is 5. The summed E-state index contributed by atoms with van der Waals surface area (Å²) in [6, 6.07) is 14.4. The molecule has 0 aliphatic rings. The van der Waals surface area contributed by atoms with E-state index in [-0.39, 0.29) is 11.0 Å². The van der Waals surface area contributed by atoms with Gasteiger partial charge < -0.3 is 15.4 Å². The lowest BCUT2D eigenvalue weighted by molar-refractivity contribution is -0.119. The van der Waals surface area contributed by atoms with E-state index >= 15 is 0 Å². The van der Waals surface area contributed by atoms with Crippen molar-refractivity contribution in [3.05, 3.63) is 53.6 Å². The van der Waals surface area contributed by atoms with Crippen LogP contribution in [0.25, 0.3) is 0 Å². The zero-order valence-electron chi connectivity index (χ0n) is 12.6. The quantitative estimate of drug-likeness (QED) is 0.766. The van der Waals surface area contributed by atoms with Gasteiger partial charge in [0.2, 0.25) is 5.91 Å². The van der Waals surface area contributed by atoms with Crippen molar-refractivity contribution in [1.29, 1.82) is 0 Å². The fourth-order valence-corrected chi connectivity index (χ4v) is 2.18. The minimum atomic E-state index is -0.0901. The third-order valence-corrected chi connectivity index (χ3v) is 3.35. The average molecular weight is 349 g/mol. The zero-order chi connectivity index (χ0) is 16.7. The molecule has 2 aromatic rings. The normalized spacial score (nSPS) is 10.0. The second-order valence-corrected chi connectivity index (χ2v) is 5.68. The van der Waals surface area contributed by atoms with Crippen LogP contribution < -0.4 is 15.4 Å². The molecule has 0 radical (unpaired) electrons. The molecular weight excluding hydrogens is 332 g/mol. The smallest absolute Gasteiger partial charge is 0.226 e. The summed E-state index contributed by atoms with van der Waals surface area (Å²) < 4.78 is 5.70. The third-order valence-electron chi connectivity index (χ3n) is 2.89. The van der Waals surface area contributed by atoms with E-state index < -0.39 is 0 Å². The Balaban J connectivity index is 1.90. The highest BCUT2D eigenvalue weighted by atomic mass is 35.5. The monoisotopic (exact) mass is 348 g/mol. The Morgan fingerprint density at radius 1 is 1.09 bits per heavy atom. The number of halogens is 1. The Hall–Kier alpha value is -2.11. The van der Waals surface area contributed by atoms with Crippen molar-refractivity contribution in [3.63, 3.8) is 0 Å². The molecule has 0 aliphatic heterocycles. The van der Waals surface area contributed by atoms with Gasteiger partial charge in [-0.2, -0.15) is 0 Å². The molecule has 6 heteroatoms. The van der Waals surface area contributed by atoms with Gasteiger partial charge in [0.1, 0.15) is 11.5 Å². The molecule has 0 atom stereocenters. The van der Waals surface area contributed by atoms with Crippen LogP contribution in [0.3, 0.4) is 0 Å². The third kappa shape index (κ3) is 5.88. The summed E-state index contributed by atoms with van der Waals surface area (Å²) in [6.07, 6.45) is 1.24. The minimum absolute atomic E-state index is 0.0901. The van der Waals surface area contributed by atoms with Gasteiger partial charge in [-0.05, 0) is 67.2 Å². The Morgan fingerprint density at radius 3 is 2.22 bits per heavy atom. The van der Waals surface area contributed by atoms with Crippen molar-refractivity contribution in [2.45, 2.75) is 19.8 Å². The number of carbonyl (C=O) groups excluding carboxylic acids is 1. The average Bonchev–Trinajstić information content (AvgIpc) is 2.51. The number of hydrogen-bond donors (Lipinski definition) is 2. The van der Waals surface area contributed by atoms with Crippen molar-refractivity contribution in [2.24, 2.45) is 0 Å². The van der Waals surface area contributed by atoms with E-state index in [1.807, 2.05) is 31.2 Å². The summed E-state index contributed by atoms with van der Waals surface area (Å²) in [5.74, 6) is 1.31. The van der Waals surface area contributed by atoms with Gasteiger partial charge in [-0.15, -0.1) is 0 Å². The molecule has 0 fully saturated rings. The van der Waals surface area contributed by atoms with E-state index in [0.29, 0.717) is 22.9 Å². The van der Waals surface area contributed by atoms with Crippen LogP contribution in [0.5, 0.6) is 11.5 Å². The second kappa shape index (κ2) is 8.50. The van der Waals surface area contributed by atoms with E-state index in [4.69, 9.17) is 28.6 Å². The fraction of sp³-hybridized carbons (Fsp3) is 0.176. The molecule has 120 valence electrons. The predicted molar refractivity (Wildman–Crippen MR) is 97.2 cm³/mol. The summed E-state index contributed by atoms with van der Waals surface area (Å²) in [4.78, 5) is 11.5. The van der Waals surface area contributed by atoms with Crippen LogP contribution in [0.1, 0.15) is 19.8 Å². The second-order valence-electron chi connectivity index (χ2n) is 4.83. The molecule has 4 nitrogen and oxygen atoms in total. The molecule has 1 amide bonds.